The maximum Gasteiger partial charge on any atom is 0.409 e. The van der Waals surface area contributed by atoms with Crippen molar-refractivity contribution in [1.29, 1.82) is 0 Å². The van der Waals surface area contributed by atoms with E-state index in [1.165, 1.54) is 0 Å². The molecule has 0 spiro atoms. The summed E-state index contributed by atoms with van der Waals surface area (Å²) in [5.41, 5.74) is -1.94. The van der Waals surface area contributed by atoms with E-state index < -0.39 is 23.6 Å². The number of carbonyl (C=O) groups excluding carboxylic acids is 2. The van der Waals surface area contributed by atoms with Gasteiger partial charge in [0.15, 0.2) is 5.96 Å². The Morgan fingerprint density at radius 3 is 2.76 bits per heavy atom. The highest BCUT2D eigenvalue weighted by Crippen LogP contribution is 2.14. The van der Waals surface area contributed by atoms with E-state index in [0.717, 1.165) is 6.54 Å². The van der Waals surface area contributed by atoms with Gasteiger partial charge in [-0.05, 0) is 19.3 Å². The summed E-state index contributed by atoms with van der Waals surface area (Å²) in [7, 11) is 0. The second kappa shape index (κ2) is 11.1. The number of ether oxygens (including phenoxy) is 1. The number of amides is 2. The highest BCUT2D eigenvalue weighted by Gasteiger charge is 2.43. The molecule has 162 valence electrons. The molecule has 12 heteroatoms. The number of aliphatic carboxylic acids is 1. The minimum atomic E-state index is -2.02. The van der Waals surface area contributed by atoms with Gasteiger partial charge in [-0.15, -0.1) is 0 Å². The molecule has 0 bridgehead atoms. The molecule has 2 heterocycles. The van der Waals surface area contributed by atoms with Crippen LogP contribution in [0.5, 0.6) is 0 Å². The second-order valence-electron chi connectivity index (χ2n) is 6.59. The third-order valence-corrected chi connectivity index (χ3v) is 4.26. The van der Waals surface area contributed by atoms with Crippen LogP contribution >= 0.6 is 0 Å². The summed E-state index contributed by atoms with van der Waals surface area (Å²) < 4.78 is 4.94. The van der Waals surface area contributed by atoms with E-state index in [9.17, 15) is 19.5 Å². The fourth-order valence-electron chi connectivity index (χ4n) is 2.75. The first-order valence-corrected chi connectivity index (χ1v) is 9.68. The largest absolute Gasteiger partial charge is 0.478 e. The standard InChI is InChI=1S/C17H28N6O6/c1-2-10-28-16(27)22-17(14(25)26,21-13(24)12-5-11-29-23-12)6-3-4-7-18-15-19-8-9-20-15/h2-11H2,1H3,(H,21,24)(H,22,27)(H,25,26)(H2,18,19,20). The average Bonchev–Trinajstić information content (AvgIpc) is 3.39. The molecule has 5 N–H and O–H groups in total. The number of oxime groups is 1. The van der Waals surface area contributed by atoms with Gasteiger partial charge in [0.05, 0.1) is 13.2 Å². The van der Waals surface area contributed by atoms with Gasteiger partial charge in [-0.2, -0.15) is 0 Å². The Labute approximate surface area is 168 Å². The van der Waals surface area contributed by atoms with Crippen LogP contribution in [0.4, 0.5) is 4.79 Å². The number of hydrogen-bond donors (Lipinski definition) is 5. The molecule has 1 atom stereocenters. The first-order valence-electron chi connectivity index (χ1n) is 9.68. The van der Waals surface area contributed by atoms with Gasteiger partial charge in [0.1, 0.15) is 12.3 Å². The lowest BCUT2D eigenvalue weighted by Gasteiger charge is -2.31. The van der Waals surface area contributed by atoms with E-state index in [4.69, 9.17) is 9.57 Å². The number of unbranched alkanes of at least 4 members (excludes halogenated alkanes) is 1. The maximum atomic E-state index is 12.4. The number of alkyl carbamates (subject to hydrolysis) is 1. The van der Waals surface area contributed by atoms with Crippen LogP contribution in [-0.2, 0) is 19.2 Å². The molecule has 2 rings (SSSR count). The van der Waals surface area contributed by atoms with Gasteiger partial charge in [0, 0.05) is 25.9 Å². The van der Waals surface area contributed by atoms with Crippen LogP contribution in [0.15, 0.2) is 10.1 Å². The van der Waals surface area contributed by atoms with Gasteiger partial charge in [-0.3, -0.25) is 15.1 Å². The summed E-state index contributed by atoms with van der Waals surface area (Å²) in [5.74, 6) is -1.39. The van der Waals surface area contributed by atoms with Gasteiger partial charge in [-0.25, -0.2) is 9.59 Å². The lowest BCUT2D eigenvalue weighted by molar-refractivity contribution is -0.148. The van der Waals surface area contributed by atoms with Crippen LogP contribution in [0.3, 0.4) is 0 Å². The zero-order valence-corrected chi connectivity index (χ0v) is 16.5. The number of nitrogens with zero attached hydrogens (tertiary/aromatic N) is 2. The van der Waals surface area contributed by atoms with Crippen molar-refractivity contribution < 1.29 is 29.1 Å². The van der Waals surface area contributed by atoms with E-state index >= 15 is 0 Å². The lowest BCUT2D eigenvalue weighted by Crippen LogP contribution is -2.66. The van der Waals surface area contributed by atoms with Crippen LogP contribution in [0.1, 0.15) is 39.0 Å². The molecule has 1 unspecified atom stereocenters. The van der Waals surface area contributed by atoms with Crippen molar-refractivity contribution in [3.05, 3.63) is 0 Å². The van der Waals surface area contributed by atoms with Gasteiger partial charge < -0.3 is 30.6 Å². The third kappa shape index (κ3) is 6.80. The maximum absolute atomic E-state index is 12.4. The molecule has 0 aromatic rings. The lowest BCUT2D eigenvalue weighted by atomic mass is 10.0. The highest BCUT2D eigenvalue weighted by atomic mass is 16.6. The quantitative estimate of drug-likeness (QED) is 0.224. The third-order valence-electron chi connectivity index (χ3n) is 4.26. The molecule has 0 fully saturated rings. The van der Waals surface area contributed by atoms with Crippen molar-refractivity contribution in [2.24, 2.45) is 10.1 Å². The molecule has 0 aromatic carbocycles. The van der Waals surface area contributed by atoms with Gasteiger partial charge in [0.2, 0.25) is 5.66 Å². The van der Waals surface area contributed by atoms with E-state index in [1.54, 1.807) is 0 Å². The number of carbonyl (C=O) groups is 3. The molecule has 2 aliphatic rings. The van der Waals surface area contributed by atoms with Gasteiger partial charge >= 0.3 is 12.1 Å². The number of guanidine groups is 1. The molecule has 0 saturated heterocycles. The molecular weight excluding hydrogens is 384 g/mol. The van der Waals surface area contributed by atoms with Crippen LogP contribution in [0, 0.1) is 0 Å². The van der Waals surface area contributed by atoms with E-state index in [-0.39, 0.29) is 31.8 Å². The molecule has 0 radical (unpaired) electrons. The van der Waals surface area contributed by atoms with Crippen molar-refractivity contribution in [1.82, 2.24) is 21.3 Å². The molecule has 0 aromatic heterocycles. The second-order valence-corrected chi connectivity index (χ2v) is 6.59. The van der Waals surface area contributed by atoms with Gasteiger partial charge in [0.25, 0.3) is 5.91 Å². The van der Waals surface area contributed by atoms with Crippen LogP contribution in [0.2, 0.25) is 0 Å². The summed E-state index contributed by atoms with van der Waals surface area (Å²) in [6.07, 6.45) is 0.899. The summed E-state index contributed by atoms with van der Waals surface area (Å²) in [4.78, 5) is 45.5. The minimum absolute atomic E-state index is 0.0367. The van der Waals surface area contributed by atoms with Crippen LogP contribution in [0.25, 0.3) is 0 Å². The fraction of sp³-hybridized carbons (Fsp3) is 0.706. The zero-order chi connectivity index (χ0) is 21.1. The fourth-order valence-corrected chi connectivity index (χ4v) is 2.75. The number of hydrogen-bond acceptors (Lipinski definition) is 9. The van der Waals surface area contributed by atoms with Crippen molar-refractivity contribution in [2.45, 2.75) is 44.7 Å². The number of carboxylic acids is 1. The first-order chi connectivity index (χ1) is 14.0. The SMILES string of the molecule is CCCOC(=O)NC(CCCCNC1=NCCN1)(NC(=O)C1=NOCC1)C(=O)O. The predicted molar refractivity (Wildman–Crippen MR) is 103 cm³/mol. The zero-order valence-electron chi connectivity index (χ0n) is 16.5. The van der Waals surface area contributed by atoms with Crippen molar-refractivity contribution >= 4 is 29.6 Å². The van der Waals surface area contributed by atoms with Gasteiger partial charge in [-0.1, -0.05) is 12.1 Å². The number of aliphatic imine (C=N–C) groups is 1. The predicted octanol–water partition coefficient (Wildman–Crippen LogP) is -0.485. The summed E-state index contributed by atoms with van der Waals surface area (Å²) >= 11 is 0. The van der Waals surface area contributed by atoms with E-state index in [1.807, 2.05) is 6.92 Å². The van der Waals surface area contributed by atoms with E-state index in [0.29, 0.717) is 38.3 Å². The Bertz CT molecular complexity index is 667. The Hall–Kier alpha value is -3.05. The highest BCUT2D eigenvalue weighted by molar-refractivity contribution is 6.39. The summed E-state index contributed by atoms with van der Waals surface area (Å²) in [6, 6.07) is 0. The molecule has 12 nitrogen and oxygen atoms in total. The summed E-state index contributed by atoms with van der Waals surface area (Å²) in [5, 5.41) is 24.3. The van der Waals surface area contributed by atoms with Crippen molar-refractivity contribution in [3.8, 4) is 0 Å². The normalized spacial score (nSPS) is 17.1. The van der Waals surface area contributed by atoms with E-state index in [2.05, 4.69) is 31.4 Å². The summed E-state index contributed by atoms with van der Waals surface area (Å²) in [6.45, 7) is 4.26. The number of nitrogens with one attached hydrogen (secondary N) is 4. The molecule has 0 saturated carbocycles. The number of carboxylic acid groups (broad SMARTS) is 1. The smallest absolute Gasteiger partial charge is 0.409 e. The van der Waals surface area contributed by atoms with Crippen LogP contribution in [-0.4, -0.2) is 73.3 Å². The molecule has 0 aliphatic carbocycles. The topological polar surface area (TPSA) is 163 Å². The Morgan fingerprint density at radius 1 is 1.31 bits per heavy atom. The Balaban J connectivity index is 1.98. The van der Waals surface area contributed by atoms with Crippen LogP contribution < -0.4 is 21.3 Å². The van der Waals surface area contributed by atoms with Crippen molar-refractivity contribution in [3.63, 3.8) is 0 Å². The Kier molecular flexibility index (Phi) is 8.49. The van der Waals surface area contributed by atoms with Crippen molar-refractivity contribution in [2.75, 3.05) is 32.8 Å². The molecule has 2 aliphatic heterocycles. The Morgan fingerprint density at radius 2 is 2.14 bits per heavy atom. The average molecular weight is 412 g/mol. The number of rotatable bonds is 11. The first kappa shape index (κ1) is 22.2. The molecular formula is C17H28N6O6. The molecule has 2 amide bonds. The monoisotopic (exact) mass is 412 g/mol. The minimum Gasteiger partial charge on any atom is -0.478 e. The molecule has 29 heavy (non-hydrogen) atoms.